The highest BCUT2D eigenvalue weighted by atomic mass is 35.5. The molecule has 2 amide bonds. The third kappa shape index (κ3) is 4.65. The molecule has 2 saturated heterocycles. The molecule has 2 aliphatic heterocycles. The zero-order valence-electron chi connectivity index (χ0n) is 17.3. The van der Waals surface area contributed by atoms with E-state index in [9.17, 15) is 22.4 Å². The largest absolute Gasteiger partial charge is 0.341 e. The first-order valence-corrected chi connectivity index (χ1v) is 12.2. The van der Waals surface area contributed by atoms with Gasteiger partial charge in [0.05, 0.1) is 10.8 Å². The quantitative estimate of drug-likeness (QED) is 0.675. The van der Waals surface area contributed by atoms with Crippen LogP contribution in [0.2, 0.25) is 5.02 Å². The molecule has 4 rings (SSSR count). The molecule has 0 bridgehead atoms. The summed E-state index contributed by atoms with van der Waals surface area (Å²) in [5, 5.41) is 0.567. The maximum absolute atomic E-state index is 13.2. The van der Waals surface area contributed by atoms with E-state index >= 15 is 0 Å². The third-order valence-electron chi connectivity index (χ3n) is 5.83. The Morgan fingerprint density at radius 1 is 0.969 bits per heavy atom. The van der Waals surface area contributed by atoms with Crippen LogP contribution in [-0.2, 0) is 19.6 Å². The van der Waals surface area contributed by atoms with Crippen LogP contribution in [0.5, 0.6) is 0 Å². The third-order valence-corrected chi connectivity index (χ3v) is 8.00. The first-order valence-electron chi connectivity index (χ1n) is 10.4. The molecule has 0 aliphatic carbocycles. The van der Waals surface area contributed by atoms with Gasteiger partial charge in [-0.15, -0.1) is 0 Å². The molecule has 0 N–H and O–H groups in total. The van der Waals surface area contributed by atoms with E-state index in [2.05, 4.69) is 0 Å². The van der Waals surface area contributed by atoms with Crippen molar-refractivity contribution in [2.75, 3.05) is 37.6 Å². The van der Waals surface area contributed by atoms with Gasteiger partial charge in [-0.3, -0.25) is 9.59 Å². The smallest absolute Gasteiger partial charge is 0.243 e. The second-order valence-corrected chi connectivity index (χ2v) is 10.3. The van der Waals surface area contributed by atoms with Gasteiger partial charge >= 0.3 is 0 Å². The maximum Gasteiger partial charge on any atom is 0.243 e. The number of nitrogens with zero attached hydrogens (tertiary/aromatic N) is 3. The highest BCUT2D eigenvalue weighted by Crippen LogP contribution is 2.28. The van der Waals surface area contributed by atoms with Crippen molar-refractivity contribution in [3.05, 3.63) is 59.4 Å². The van der Waals surface area contributed by atoms with Crippen molar-refractivity contribution in [2.24, 2.45) is 5.92 Å². The number of halogens is 2. The summed E-state index contributed by atoms with van der Waals surface area (Å²) in [6.07, 6.45) is 0.600. The van der Waals surface area contributed by atoms with E-state index in [4.69, 9.17) is 11.6 Å². The Kier molecular flexibility index (Phi) is 6.50. The lowest BCUT2D eigenvalue weighted by Crippen LogP contribution is -2.40. The number of amides is 2. The van der Waals surface area contributed by atoms with Crippen LogP contribution in [0, 0.1) is 11.7 Å². The highest BCUT2D eigenvalue weighted by Gasteiger charge is 2.38. The van der Waals surface area contributed by atoms with Crippen LogP contribution in [0.4, 0.5) is 10.1 Å². The number of anilines is 1. The molecule has 0 aromatic heterocycles. The summed E-state index contributed by atoms with van der Waals surface area (Å²) in [7, 11) is -3.77. The zero-order chi connectivity index (χ0) is 22.9. The molecule has 2 heterocycles. The maximum atomic E-state index is 13.2. The van der Waals surface area contributed by atoms with Crippen LogP contribution in [0.3, 0.4) is 0 Å². The van der Waals surface area contributed by atoms with Gasteiger partial charge in [-0.05, 0) is 55.0 Å². The van der Waals surface area contributed by atoms with Crippen molar-refractivity contribution in [3.63, 3.8) is 0 Å². The first kappa shape index (κ1) is 22.7. The fourth-order valence-corrected chi connectivity index (χ4v) is 5.71. The van der Waals surface area contributed by atoms with E-state index in [0.29, 0.717) is 23.7 Å². The van der Waals surface area contributed by atoms with E-state index in [1.165, 1.54) is 16.4 Å². The minimum Gasteiger partial charge on any atom is -0.341 e. The van der Waals surface area contributed by atoms with Gasteiger partial charge in [-0.1, -0.05) is 11.6 Å². The van der Waals surface area contributed by atoms with Gasteiger partial charge in [0.2, 0.25) is 21.8 Å². The Labute approximate surface area is 191 Å². The van der Waals surface area contributed by atoms with E-state index in [-0.39, 0.29) is 49.3 Å². The summed E-state index contributed by atoms with van der Waals surface area (Å²) < 4.78 is 40.3. The Morgan fingerprint density at radius 3 is 2.34 bits per heavy atom. The number of sulfonamides is 1. The molecule has 7 nitrogen and oxygen atoms in total. The SMILES string of the molecule is O=C(C1CC(=O)N(c2ccc(Cl)cc2)C1)N1CCCN(S(=O)(=O)c2ccc(F)cc2)CC1. The molecule has 2 aromatic carbocycles. The van der Waals surface area contributed by atoms with Crippen LogP contribution in [-0.4, -0.2) is 62.2 Å². The summed E-state index contributed by atoms with van der Waals surface area (Å²) in [5.41, 5.74) is 0.696. The Bertz CT molecular complexity index is 1110. The Morgan fingerprint density at radius 2 is 1.66 bits per heavy atom. The van der Waals surface area contributed by atoms with Gasteiger partial charge in [-0.2, -0.15) is 4.31 Å². The van der Waals surface area contributed by atoms with Crippen molar-refractivity contribution >= 4 is 39.1 Å². The summed E-state index contributed by atoms with van der Waals surface area (Å²) in [6, 6.07) is 11.6. The van der Waals surface area contributed by atoms with Crippen LogP contribution >= 0.6 is 11.6 Å². The van der Waals surface area contributed by atoms with Gasteiger partial charge < -0.3 is 9.80 Å². The van der Waals surface area contributed by atoms with Crippen LogP contribution in [0.1, 0.15) is 12.8 Å². The summed E-state index contributed by atoms with van der Waals surface area (Å²) in [5.74, 6) is -1.24. The van der Waals surface area contributed by atoms with E-state index in [1.54, 1.807) is 34.1 Å². The lowest BCUT2D eigenvalue weighted by atomic mass is 10.1. The molecule has 10 heteroatoms. The predicted octanol–water partition coefficient (Wildman–Crippen LogP) is 2.76. The minimum atomic E-state index is -3.77. The van der Waals surface area contributed by atoms with Crippen molar-refractivity contribution in [1.82, 2.24) is 9.21 Å². The fourth-order valence-electron chi connectivity index (χ4n) is 4.11. The molecular formula is C22H23ClFN3O4S. The number of hydrogen-bond acceptors (Lipinski definition) is 4. The van der Waals surface area contributed by atoms with Crippen molar-refractivity contribution < 1.29 is 22.4 Å². The molecule has 2 aliphatic rings. The van der Waals surface area contributed by atoms with Crippen LogP contribution in [0.15, 0.2) is 53.4 Å². The number of rotatable bonds is 4. The first-order chi connectivity index (χ1) is 15.3. The second kappa shape index (κ2) is 9.17. The van der Waals surface area contributed by atoms with Gasteiger partial charge in [0, 0.05) is 49.9 Å². The molecule has 0 saturated carbocycles. The molecular weight excluding hydrogens is 457 g/mol. The molecule has 32 heavy (non-hydrogen) atoms. The van der Waals surface area contributed by atoms with Gasteiger partial charge in [0.25, 0.3) is 0 Å². The molecule has 0 radical (unpaired) electrons. The van der Waals surface area contributed by atoms with Crippen LogP contribution < -0.4 is 4.90 Å². The predicted molar refractivity (Wildman–Crippen MR) is 118 cm³/mol. The van der Waals surface area contributed by atoms with Gasteiger partial charge in [0.1, 0.15) is 5.82 Å². The van der Waals surface area contributed by atoms with E-state index in [1.807, 2.05) is 0 Å². The monoisotopic (exact) mass is 479 g/mol. The van der Waals surface area contributed by atoms with Crippen molar-refractivity contribution in [1.29, 1.82) is 0 Å². The number of benzene rings is 2. The summed E-state index contributed by atoms with van der Waals surface area (Å²) in [4.78, 5) is 28.9. The lowest BCUT2D eigenvalue weighted by Gasteiger charge is -2.24. The standard InChI is InChI=1S/C22H23ClFN3O4S/c23-17-2-6-19(7-3-17)27-15-16(14-21(27)28)22(29)25-10-1-11-26(13-12-25)32(30,31)20-8-4-18(24)5-9-20/h2-9,16H,1,10-15H2. The van der Waals surface area contributed by atoms with Crippen molar-refractivity contribution in [3.8, 4) is 0 Å². The summed E-state index contributed by atoms with van der Waals surface area (Å²) in [6.45, 7) is 1.36. The van der Waals surface area contributed by atoms with E-state index in [0.717, 1.165) is 12.1 Å². The average Bonchev–Trinajstić information content (AvgIpc) is 2.99. The molecule has 170 valence electrons. The molecule has 0 spiro atoms. The van der Waals surface area contributed by atoms with Crippen LogP contribution in [0.25, 0.3) is 0 Å². The van der Waals surface area contributed by atoms with E-state index < -0.39 is 21.8 Å². The highest BCUT2D eigenvalue weighted by molar-refractivity contribution is 7.89. The topological polar surface area (TPSA) is 78.0 Å². The fraction of sp³-hybridized carbons (Fsp3) is 0.364. The number of carbonyl (C=O) groups is 2. The Balaban J connectivity index is 1.41. The molecule has 2 fully saturated rings. The van der Waals surface area contributed by atoms with Gasteiger partial charge in [0.15, 0.2) is 0 Å². The minimum absolute atomic E-state index is 0.0265. The second-order valence-electron chi connectivity index (χ2n) is 7.92. The van der Waals surface area contributed by atoms with Gasteiger partial charge in [-0.25, -0.2) is 12.8 Å². The normalized spacial score (nSPS) is 20.4. The molecule has 1 unspecified atom stereocenters. The number of carbonyl (C=O) groups excluding carboxylic acids is 2. The average molecular weight is 480 g/mol. The number of hydrogen-bond donors (Lipinski definition) is 0. The zero-order valence-corrected chi connectivity index (χ0v) is 18.9. The lowest BCUT2D eigenvalue weighted by molar-refractivity contribution is -0.135. The Hall–Kier alpha value is -2.49. The molecule has 2 aromatic rings. The summed E-state index contributed by atoms with van der Waals surface area (Å²) >= 11 is 5.91. The molecule has 1 atom stereocenters. The van der Waals surface area contributed by atoms with Crippen molar-refractivity contribution in [2.45, 2.75) is 17.7 Å².